The number of thiophene rings is 1. The van der Waals surface area contributed by atoms with E-state index in [1.165, 1.54) is 4.90 Å². The largest absolute Gasteiger partial charge is 0.449 e. The Morgan fingerprint density at radius 1 is 1.18 bits per heavy atom. The zero-order valence-electron chi connectivity index (χ0n) is 15.5. The highest BCUT2D eigenvalue weighted by Crippen LogP contribution is 2.30. The number of nitrogens with zero attached hydrogens (tertiary/aromatic N) is 3. The van der Waals surface area contributed by atoms with Crippen LogP contribution in [0.5, 0.6) is 0 Å². The molecule has 0 saturated carbocycles. The standard InChI is InChI=1S/C17H20F3N3O4S/c1-3-22-13(24)12-10(2)11(9-21-6-4-8-27-16(21)26)28-14(12)23(15(22)25)7-5-17(18,19)20/h3-9H2,1-2H3. The van der Waals surface area contributed by atoms with E-state index in [9.17, 15) is 27.6 Å². The van der Waals surface area contributed by atoms with E-state index >= 15 is 0 Å². The summed E-state index contributed by atoms with van der Waals surface area (Å²) in [4.78, 5) is 39.6. The molecule has 154 valence electrons. The molecule has 7 nitrogen and oxygen atoms in total. The molecule has 1 saturated heterocycles. The van der Waals surface area contributed by atoms with E-state index in [2.05, 4.69) is 0 Å². The molecule has 0 spiro atoms. The maximum Gasteiger partial charge on any atom is 0.410 e. The van der Waals surface area contributed by atoms with Crippen molar-refractivity contribution in [1.29, 1.82) is 0 Å². The van der Waals surface area contributed by atoms with Crippen molar-refractivity contribution in [2.24, 2.45) is 0 Å². The second kappa shape index (κ2) is 7.61. The maximum absolute atomic E-state index is 12.8. The van der Waals surface area contributed by atoms with Gasteiger partial charge in [0.05, 0.1) is 25.0 Å². The summed E-state index contributed by atoms with van der Waals surface area (Å²) < 4.78 is 45.2. The van der Waals surface area contributed by atoms with Crippen LogP contribution >= 0.6 is 11.3 Å². The minimum atomic E-state index is -4.42. The predicted molar refractivity (Wildman–Crippen MR) is 97.8 cm³/mol. The van der Waals surface area contributed by atoms with Crippen molar-refractivity contribution < 1.29 is 22.7 Å². The number of cyclic esters (lactones) is 1. The summed E-state index contributed by atoms with van der Waals surface area (Å²) in [7, 11) is 0. The molecule has 28 heavy (non-hydrogen) atoms. The van der Waals surface area contributed by atoms with Gasteiger partial charge in [-0.15, -0.1) is 11.3 Å². The summed E-state index contributed by atoms with van der Waals surface area (Å²) in [5, 5.41) is 0.231. The van der Waals surface area contributed by atoms with Crippen molar-refractivity contribution in [2.75, 3.05) is 13.2 Å². The Morgan fingerprint density at radius 2 is 1.89 bits per heavy atom. The van der Waals surface area contributed by atoms with Gasteiger partial charge >= 0.3 is 18.0 Å². The van der Waals surface area contributed by atoms with Gasteiger partial charge in [-0.2, -0.15) is 13.2 Å². The maximum atomic E-state index is 12.8. The van der Waals surface area contributed by atoms with E-state index < -0.39 is 36.5 Å². The lowest BCUT2D eigenvalue weighted by Gasteiger charge is -2.25. The van der Waals surface area contributed by atoms with Crippen molar-refractivity contribution in [1.82, 2.24) is 14.0 Å². The minimum Gasteiger partial charge on any atom is -0.449 e. The topological polar surface area (TPSA) is 73.5 Å². The van der Waals surface area contributed by atoms with Gasteiger partial charge in [0.15, 0.2) is 0 Å². The van der Waals surface area contributed by atoms with Crippen LogP contribution < -0.4 is 11.2 Å². The fourth-order valence-electron chi connectivity index (χ4n) is 3.22. The number of hydrogen-bond acceptors (Lipinski definition) is 5. The Morgan fingerprint density at radius 3 is 2.50 bits per heavy atom. The fourth-order valence-corrected chi connectivity index (χ4v) is 4.55. The quantitative estimate of drug-likeness (QED) is 0.747. The highest BCUT2D eigenvalue weighted by Gasteiger charge is 2.29. The molecule has 1 aliphatic rings. The van der Waals surface area contributed by atoms with Crippen LogP contribution in [0.3, 0.4) is 0 Å². The summed E-state index contributed by atoms with van der Waals surface area (Å²) in [6.07, 6.45) is -5.39. The molecule has 0 radical (unpaired) electrons. The number of carbonyl (C=O) groups is 1. The van der Waals surface area contributed by atoms with E-state index in [0.29, 0.717) is 30.0 Å². The van der Waals surface area contributed by atoms with Crippen molar-refractivity contribution in [3.05, 3.63) is 31.3 Å². The summed E-state index contributed by atoms with van der Waals surface area (Å²) >= 11 is 1.08. The number of amides is 1. The average molecular weight is 419 g/mol. The highest BCUT2D eigenvalue weighted by atomic mass is 32.1. The molecule has 0 bridgehead atoms. The molecular weight excluding hydrogens is 399 g/mol. The first-order valence-corrected chi connectivity index (χ1v) is 9.69. The lowest BCUT2D eigenvalue weighted by Crippen LogP contribution is -2.39. The molecule has 2 aromatic rings. The molecule has 3 heterocycles. The highest BCUT2D eigenvalue weighted by molar-refractivity contribution is 7.18. The molecule has 11 heteroatoms. The first-order chi connectivity index (χ1) is 13.1. The third kappa shape index (κ3) is 3.80. The second-order valence-corrected chi connectivity index (χ2v) is 7.65. The van der Waals surface area contributed by atoms with Crippen molar-refractivity contribution >= 4 is 27.6 Å². The van der Waals surface area contributed by atoms with Gasteiger partial charge in [-0.05, 0) is 25.8 Å². The monoisotopic (exact) mass is 419 g/mol. The molecular formula is C17H20F3N3O4S. The zero-order chi connectivity index (χ0) is 20.6. The summed E-state index contributed by atoms with van der Waals surface area (Å²) in [6.45, 7) is 3.79. The molecule has 0 aromatic carbocycles. The molecule has 0 N–H and O–H groups in total. The summed E-state index contributed by atoms with van der Waals surface area (Å²) in [5.41, 5.74) is -0.701. The molecule has 1 fully saturated rings. The van der Waals surface area contributed by atoms with Crippen LogP contribution in [-0.4, -0.2) is 39.5 Å². The number of carbonyl (C=O) groups excluding carboxylic acids is 1. The van der Waals surface area contributed by atoms with Gasteiger partial charge in [-0.3, -0.25) is 13.9 Å². The number of rotatable bonds is 5. The lowest BCUT2D eigenvalue weighted by molar-refractivity contribution is -0.136. The van der Waals surface area contributed by atoms with Gasteiger partial charge in [0, 0.05) is 24.5 Å². The number of aryl methyl sites for hydroxylation is 2. The normalized spacial score (nSPS) is 15.3. The van der Waals surface area contributed by atoms with Crippen LogP contribution in [0.2, 0.25) is 0 Å². The number of ether oxygens (including phenoxy) is 1. The van der Waals surface area contributed by atoms with Gasteiger partial charge in [-0.25, -0.2) is 9.59 Å². The second-order valence-electron chi connectivity index (χ2n) is 6.57. The van der Waals surface area contributed by atoms with Crippen LogP contribution in [0.25, 0.3) is 10.2 Å². The molecule has 1 aliphatic heterocycles. The number of halogens is 3. The van der Waals surface area contributed by atoms with E-state index in [0.717, 1.165) is 20.5 Å². The first-order valence-electron chi connectivity index (χ1n) is 8.88. The summed E-state index contributed by atoms with van der Waals surface area (Å²) in [5.74, 6) is 0. The van der Waals surface area contributed by atoms with Crippen LogP contribution in [0.4, 0.5) is 18.0 Å². The Hall–Kier alpha value is -2.30. The predicted octanol–water partition coefficient (Wildman–Crippen LogP) is 2.85. The van der Waals surface area contributed by atoms with E-state index in [4.69, 9.17) is 4.74 Å². The summed E-state index contributed by atoms with van der Waals surface area (Å²) in [6, 6.07) is 0. The van der Waals surface area contributed by atoms with Gasteiger partial charge < -0.3 is 9.64 Å². The smallest absolute Gasteiger partial charge is 0.410 e. The molecule has 0 aliphatic carbocycles. The van der Waals surface area contributed by atoms with Crippen molar-refractivity contribution in [3.8, 4) is 0 Å². The number of hydrogen-bond donors (Lipinski definition) is 0. The minimum absolute atomic E-state index is 0.0582. The Bertz CT molecular complexity index is 1020. The Balaban J connectivity index is 2.12. The Kier molecular flexibility index (Phi) is 5.55. The van der Waals surface area contributed by atoms with Crippen molar-refractivity contribution in [2.45, 2.75) is 52.5 Å². The van der Waals surface area contributed by atoms with E-state index in [1.807, 2.05) is 0 Å². The molecule has 2 aromatic heterocycles. The molecule has 0 atom stereocenters. The zero-order valence-corrected chi connectivity index (χ0v) is 16.3. The van der Waals surface area contributed by atoms with E-state index in [-0.39, 0.29) is 23.3 Å². The molecule has 0 unspecified atom stereocenters. The Labute approximate surface area is 161 Å². The number of fused-ring (bicyclic) bond motifs is 1. The SMILES string of the molecule is CCn1c(=O)c2c(C)c(CN3CCCOC3=O)sc2n(CCC(F)(F)F)c1=O. The molecule has 3 rings (SSSR count). The van der Waals surface area contributed by atoms with Gasteiger partial charge in [0.2, 0.25) is 0 Å². The third-order valence-electron chi connectivity index (χ3n) is 4.72. The first kappa shape index (κ1) is 20.4. The van der Waals surface area contributed by atoms with E-state index in [1.54, 1.807) is 13.8 Å². The van der Waals surface area contributed by atoms with Crippen LogP contribution in [-0.2, 0) is 24.4 Å². The fraction of sp³-hybridized carbons (Fsp3) is 0.588. The lowest BCUT2D eigenvalue weighted by atomic mass is 10.2. The number of alkyl halides is 3. The van der Waals surface area contributed by atoms with Gasteiger partial charge in [0.1, 0.15) is 4.83 Å². The van der Waals surface area contributed by atoms with Crippen molar-refractivity contribution in [3.63, 3.8) is 0 Å². The third-order valence-corrected chi connectivity index (χ3v) is 6.02. The number of aromatic nitrogens is 2. The van der Waals surface area contributed by atoms with Crippen LogP contribution in [0.15, 0.2) is 9.59 Å². The van der Waals surface area contributed by atoms with Gasteiger partial charge in [-0.1, -0.05) is 0 Å². The van der Waals surface area contributed by atoms with Crippen LogP contribution in [0, 0.1) is 6.92 Å². The average Bonchev–Trinajstić information content (AvgIpc) is 2.93. The van der Waals surface area contributed by atoms with Crippen LogP contribution in [0.1, 0.15) is 30.2 Å². The molecule has 1 amide bonds. The van der Waals surface area contributed by atoms with Gasteiger partial charge in [0.25, 0.3) is 5.56 Å².